The molecule has 3 amide bonds. The zero-order chi connectivity index (χ0) is 21.4. The molecule has 8 nitrogen and oxygen atoms in total. The second-order valence-corrected chi connectivity index (χ2v) is 6.38. The van der Waals surface area contributed by atoms with Crippen LogP contribution in [-0.4, -0.2) is 44.1 Å². The van der Waals surface area contributed by atoms with E-state index in [2.05, 4.69) is 16.9 Å². The number of aromatic amines is 1. The number of aromatic nitrogens is 1. The van der Waals surface area contributed by atoms with Gasteiger partial charge in [-0.25, -0.2) is 9.78 Å². The van der Waals surface area contributed by atoms with Crippen molar-refractivity contribution in [3.63, 3.8) is 0 Å². The Labute approximate surface area is 165 Å². The molecule has 1 fully saturated rings. The Kier molecular flexibility index (Phi) is 7.57. The summed E-state index contributed by atoms with van der Waals surface area (Å²) in [6.07, 6.45) is -1.22. The van der Waals surface area contributed by atoms with Crippen molar-refractivity contribution in [1.29, 1.82) is 0 Å². The number of carbonyl (C=O) groups excluding carboxylic acids is 3. The normalized spacial score (nSPS) is 14.8. The van der Waals surface area contributed by atoms with Crippen LogP contribution in [0.15, 0.2) is 31.0 Å². The summed E-state index contributed by atoms with van der Waals surface area (Å²) in [5.74, 6) is -1.21. The van der Waals surface area contributed by atoms with E-state index in [1.807, 2.05) is 10.2 Å². The predicted molar refractivity (Wildman–Crippen MR) is 95.6 cm³/mol. The molecule has 0 unspecified atom stereocenters. The molecule has 0 aromatic carbocycles. The molecular weight excluding hydrogens is 393 g/mol. The van der Waals surface area contributed by atoms with Crippen molar-refractivity contribution in [2.45, 2.75) is 19.0 Å². The van der Waals surface area contributed by atoms with E-state index in [-0.39, 0.29) is 6.54 Å². The lowest BCUT2D eigenvalue weighted by molar-refractivity contribution is -0.367. The fraction of sp³-hybridized carbons (Fsp3) is 0.444. The molecule has 2 rings (SSSR count). The van der Waals surface area contributed by atoms with Gasteiger partial charge in [-0.15, -0.1) is 6.58 Å². The van der Waals surface area contributed by atoms with E-state index in [0.29, 0.717) is 31.7 Å². The maximum atomic E-state index is 12.6. The second-order valence-electron chi connectivity index (χ2n) is 6.38. The summed E-state index contributed by atoms with van der Waals surface area (Å²) in [4.78, 5) is 39.4. The van der Waals surface area contributed by atoms with Crippen LogP contribution in [0.1, 0.15) is 18.4 Å². The fourth-order valence-corrected chi connectivity index (χ4v) is 2.77. The standard InChI is InChI=1S/C18H21F3N4O4/c1-2-7-22-17(28)24-15(26)11-29-16(27)12-5-8-25(9-6-12)14-4-3-13(10-23-14)18(19,20)21/h2-4,10,12H,1,5-9,11H2,(H2,22,24,26,28)/p+1. The largest absolute Gasteiger partial charge is 0.455 e. The van der Waals surface area contributed by atoms with Crippen molar-refractivity contribution in [3.8, 4) is 0 Å². The highest BCUT2D eigenvalue weighted by atomic mass is 19.4. The number of hydrogen-bond donors (Lipinski definition) is 2. The van der Waals surface area contributed by atoms with Crippen LogP contribution in [0.5, 0.6) is 0 Å². The number of urea groups is 1. The number of halogens is 3. The molecule has 0 radical (unpaired) electrons. The summed E-state index contributed by atoms with van der Waals surface area (Å²) in [6, 6.07) is 1.63. The Balaban J connectivity index is 1.75. The molecule has 11 heteroatoms. The van der Waals surface area contributed by atoms with Crippen LogP contribution in [0, 0.1) is 5.92 Å². The van der Waals surface area contributed by atoms with Crippen molar-refractivity contribution in [1.82, 2.24) is 10.6 Å². The van der Waals surface area contributed by atoms with E-state index in [4.69, 9.17) is 4.74 Å². The van der Waals surface area contributed by atoms with Gasteiger partial charge >= 0.3 is 18.2 Å². The number of imide groups is 1. The molecule has 0 spiro atoms. The molecular formula is C18H22F3N4O4+. The molecule has 2 heterocycles. The number of carbonyl (C=O) groups is 3. The third-order valence-electron chi connectivity index (χ3n) is 4.30. The number of pyridine rings is 1. The number of hydrogen-bond acceptors (Lipinski definition) is 5. The topological polar surface area (TPSA) is 102 Å². The summed E-state index contributed by atoms with van der Waals surface area (Å²) < 4.78 is 42.8. The monoisotopic (exact) mass is 415 g/mol. The molecule has 158 valence electrons. The first-order valence-electron chi connectivity index (χ1n) is 8.89. The van der Waals surface area contributed by atoms with Crippen molar-refractivity contribution in [2.24, 2.45) is 5.92 Å². The Morgan fingerprint density at radius 2 is 1.97 bits per heavy atom. The van der Waals surface area contributed by atoms with Gasteiger partial charge in [-0.2, -0.15) is 13.2 Å². The summed E-state index contributed by atoms with van der Waals surface area (Å²) >= 11 is 0. The highest BCUT2D eigenvalue weighted by Crippen LogP contribution is 2.29. The number of rotatable bonds is 6. The molecule has 0 bridgehead atoms. The molecule has 0 aliphatic carbocycles. The van der Waals surface area contributed by atoms with Gasteiger partial charge in [0.25, 0.3) is 11.7 Å². The lowest BCUT2D eigenvalue weighted by Crippen LogP contribution is -2.42. The molecule has 1 aromatic heterocycles. The number of piperidine rings is 1. The Bertz CT molecular complexity index is 744. The van der Waals surface area contributed by atoms with Gasteiger partial charge in [-0.1, -0.05) is 6.08 Å². The van der Waals surface area contributed by atoms with Gasteiger partial charge < -0.3 is 10.1 Å². The van der Waals surface area contributed by atoms with Crippen LogP contribution >= 0.6 is 0 Å². The Hall–Kier alpha value is -3.11. The molecule has 29 heavy (non-hydrogen) atoms. The lowest BCUT2D eigenvalue weighted by Gasteiger charge is -2.26. The molecule has 0 atom stereocenters. The SMILES string of the molecule is C=CCNC(=O)NC(=O)COC(=O)C1CCN(c2ccc(C(F)(F)F)c[nH+]2)CC1. The first kappa shape index (κ1) is 22.2. The number of esters is 1. The molecule has 1 saturated heterocycles. The summed E-state index contributed by atoms with van der Waals surface area (Å²) in [5.41, 5.74) is -0.767. The van der Waals surface area contributed by atoms with E-state index in [0.717, 1.165) is 12.3 Å². The molecule has 1 aromatic rings. The van der Waals surface area contributed by atoms with Crippen LogP contribution in [0.3, 0.4) is 0 Å². The number of amides is 3. The number of nitrogens with one attached hydrogen (secondary N) is 3. The first-order chi connectivity index (χ1) is 13.7. The van der Waals surface area contributed by atoms with Gasteiger partial charge in [-0.05, 0) is 18.9 Å². The average Bonchev–Trinajstić information content (AvgIpc) is 2.70. The summed E-state index contributed by atoms with van der Waals surface area (Å²) in [7, 11) is 0. The van der Waals surface area contributed by atoms with Gasteiger partial charge in [-0.3, -0.25) is 19.8 Å². The van der Waals surface area contributed by atoms with Crippen molar-refractivity contribution >= 4 is 23.7 Å². The molecule has 1 aliphatic rings. The van der Waals surface area contributed by atoms with Gasteiger partial charge in [0, 0.05) is 12.6 Å². The highest BCUT2D eigenvalue weighted by molar-refractivity contribution is 5.95. The Morgan fingerprint density at radius 3 is 2.52 bits per heavy atom. The van der Waals surface area contributed by atoms with Gasteiger partial charge in [0.15, 0.2) is 6.61 Å². The minimum absolute atomic E-state index is 0.188. The number of H-pyrrole nitrogens is 1. The number of alkyl halides is 3. The van der Waals surface area contributed by atoms with Crippen molar-refractivity contribution in [3.05, 3.63) is 36.5 Å². The van der Waals surface area contributed by atoms with E-state index in [1.54, 1.807) is 0 Å². The Morgan fingerprint density at radius 1 is 1.28 bits per heavy atom. The highest BCUT2D eigenvalue weighted by Gasteiger charge is 2.34. The van der Waals surface area contributed by atoms with E-state index < -0.39 is 42.2 Å². The third-order valence-corrected chi connectivity index (χ3v) is 4.30. The van der Waals surface area contributed by atoms with Gasteiger partial charge in [0.2, 0.25) is 0 Å². The maximum Gasteiger partial charge on any atom is 0.419 e. The van der Waals surface area contributed by atoms with E-state index in [1.165, 1.54) is 12.1 Å². The molecule has 3 N–H and O–H groups in total. The fourth-order valence-electron chi connectivity index (χ4n) is 2.77. The van der Waals surface area contributed by atoms with Crippen LogP contribution in [0.25, 0.3) is 0 Å². The van der Waals surface area contributed by atoms with Crippen LogP contribution in [-0.2, 0) is 20.5 Å². The molecule has 1 aliphatic heterocycles. The summed E-state index contributed by atoms with van der Waals surface area (Å²) in [6.45, 7) is 3.91. The minimum atomic E-state index is -4.41. The average molecular weight is 415 g/mol. The smallest absolute Gasteiger partial charge is 0.419 e. The lowest BCUT2D eigenvalue weighted by atomic mass is 9.97. The van der Waals surface area contributed by atoms with E-state index in [9.17, 15) is 27.6 Å². The second kappa shape index (κ2) is 9.89. The predicted octanol–water partition coefficient (Wildman–Crippen LogP) is 1.29. The zero-order valence-electron chi connectivity index (χ0n) is 15.6. The third kappa shape index (κ3) is 6.77. The van der Waals surface area contributed by atoms with Crippen LogP contribution < -0.4 is 20.5 Å². The van der Waals surface area contributed by atoms with Crippen LogP contribution in [0.4, 0.5) is 23.8 Å². The molecule has 0 saturated carbocycles. The zero-order valence-corrected chi connectivity index (χ0v) is 15.6. The maximum absolute atomic E-state index is 12.6. The van der Waals surface area contributed by atoms with Crippen LogP contribution in [0.2, 0.25) is 0 Å². The first-order valence-corrected chi connectivity index (χ1v) is 8.89. The van der Waals surface area contributed by atoms with Gasteiger partial charge in [0.05, 0.1) is 24.6 Å². The van der Waals surface area contributed by atoms with E-state index >= 15 is 0 Å². The quantitative estimate of drug-likeness (QED) is 0.539. The summed E-state index contributed by atoms with van der Waals surface area (Å²) in [5, 5.41) is 4.36. The van der Waals surface area contributed by atoms with Crippen molar-refractivity contribution < 1.29 is 37.3 Å². The van der Waals surface area contributed by atoms with Crippen molar-refractivity contribution in [2.75, 3.05) is 31.1 Å². The number of ether oxygens (including phenoxy) is 1. The minimum Gasteiger partial charge on any atom is -0.455 e. The number of anilines is 1. The van der Waals surface area contributed by atoms with Gasteiger partial charge in [0.1, 0.15) is 6.20 Å². The number of nitrogens with zero attached hydrogens (tertiary/aromatic N) is 1.